The number of hydrogen-bond donors (Lipinski definition) is 0. The van der Waals surface area contributed by atoms with Gasteiger partial charge >= 0.3 is 0 Å². The monoisotopic (exact) mass is 291 g/mol. The summed E-state index contributed by atoms with van der Waals surface area (Å²) in [6.45, 7) is 0. The van der Waals surface area contributed by atoms with Crippen molar-refractivity contribution in [3.63, 3.8) is 0 Å². The van der Waals surface area contributed by atoms with Gasteiger partial charge < -0.3 is 4.90 Å². The van der Waals surface area contributed by atoms with E-state index in [9.17, 15) is 4.79 Å². The van der Waals surface area contributed by atoms with Gasteiger partial charge in [-0.05, 0) is 18.2 Å². The molecule has 1 saturated heterocycles. The Kier molecular flexibility index (Phi) is 4.12. The number of carbonyl (C=O) groups is 1. The lowest BCUT2D eigenvalue weighted by Crippen LogP contribution is -2.37. The summed E-state index contributed by atoms with van der Waals surface area (Å²) in [4.78, 5) is 13.9. The van der Waals surface area contributed by atoms with Crippen molar-refractivity contribution in [2.24, 2.45) is 0 Å². The van der Waals surface area contributed by atoms with E-state index in [4.69, 9.17) is 23.2 Å². The Balaban J connectivity index is 2.20. The average Bonchev–Trinajstić information content (AvgIpc) is 2.84. The lowest BCUT2D eigenvalue weighted by molar-refractivity contribution is 0.0747. The van der Waals surface area contributed by atoms with Crippen LogP contribution >= 0.6 is 35.0 Å². The molecule has 1 amide bonds. The van der Waals surface area contributed by atoms with Crippen LogP contribution < -0.4 is 0 Å². The largest absolute Gasteiger partial charge is 0.338 e. The fourth-order valence-electron chi connectivity index (χ4n) is 1.69. The van der Waals surface area contributed by atoms with Gasteiger partial charge in [0.2, 0.25) is 0 Å². The van der Waals surface area contributed by atoms with Crippen LogP contribution in [-0.4, -0.2) is 45.6 Å². The third-order valence-electron chi connectivity index (χ3n) is 2.72. The maximum atomic E-state index is 12.2. The molecule has 1 aliphatic rings. The van der Waals surface area contributed by atoms with E-state index in [-0.39, 0.29) is 22.3 Å². The smallest absolute Gasteiger partial charge is 0.257 e. The van der Waals surface area contributed by atoms with Crippen molar-refractivity contribution >= 4 is 40.9 Å². The molecule has 2 rings (SSSR count). The molecule has 1 fully saturated rings. The summed E-state index contributed by atoms with van der Waals surface area (Å²) in [7, 11) is 1.78. The molecular weight excluding hydrogens is 281 g/mol. The predicted molar refractivity (Wildman–Crippen MR) is 69.9 cm³/mol. The van der Waals surface area contributed by atoms with Crippen LogP contribution in [-0.2, 0) is 0 Å². The lowest BCUT2D eigenvalue weighted by Gasteiger charge is -2.23. The number of aromatic nitrogens is 2. The van der Waals surface area contributed by atoms with Gasteiger partial charge in [-0.25, -0.2) is 0 Å². The average molecular weight is 292 g/mol. The molecule has 2 heterocycles. The first-order valence-electron chi connectivity index (χ1n) is 5.13. The highest BCUT2D eigenvalue weighted by atomic mass is 35.5. The standard InChI is InChI=1S/C10H11Cl2N3OS/c1-15(6-2-3-17-5-6)10(16)7-4-8(11)13-14-9(7)12/h4,6H,2-3,5H2,1H3. The SMILES string of the molecule is CN(C(=O)c1cc(Cl)nnc1Cl)C1CCSC1. The highest BCUT2D eigenvalue weighted by Crippen LogP contribution is 2.24. The molecule has 0 bridgehead atoms. The van der Waals surface area contributed by atoms with Gasteiger partial charge in [-0.15, -0.1) is 10.2 Å². The van der Waals surface area contributed by atoms with Gasteiger partial charge in [0.25, 0.3) is 5.91 Å². The minimum atomic E-state index is -0.153. The second-order valence-electron chi connectivity index (χ2n) is 3.81. The minimum absolute atomic E-state index is 0.0944. The molecule has 0 aromatic carbocycles. The summed E-state index contributed by atoms with van der Waals surface area (Å²) in [5, 5.41) is 7.49. The molecule has 0 aliphatic carbocycles. The Morgan fingerprint density at radius 3 is 2.94 bits per heavy atom. The van der Waals surface area contributed by atoms with Crippen LogP contribution in [0.4, 0.5) is 0 Å². The second kappa shape index (κ2) is 5.42. The maximum Gasteiger partial charge on any atom is 0.257 e. The van der Waals surface area contributed by atoms with Crippen LogP contribution in [0, 0.1) is 0 Å². The van der Waals surface area contributed by atoms with Crippen LogP contribution in [0.5, 0.6) is 0 Å². The molecule has 1 atom stereocenters. The minimum Gasteiger partial charge on any atom is -0.338 e. The van der Waals surface area contributed by atoms with Crippen LogP contribution in [0.15, 0.2) is 6.07 Å². The van der Waals surface area contributed by atoms with Crippen molar-refractivity contribution in [1.82, 2.24) is 15.1 Å². The van der Waals surface area contributed by atoms with E-state index in [1.165, 1.54) is 6.07 Å². The van der Waals surface area contributed by atoms with E-state index >= 15 is 0 Å². The van der Waals surface area contributed by atoms with Gasteiger partial charge in [-0.1, -0.05) is 23.2 Å². The van der Waals surface area contributed by atoms with Crippen molar-refractivity contribution in [2.45, 2.75) is 12.5 Å². The molecule has 0 N–H and O–H groups in total. The number of halogens is 2. The highest BCUT2D eigenvalue weighted by molar-refractivity contribution is 7.99. The van der Waals surface area contributed by atoms with Gasteiger partial charge in [0.15, 0.2) is 10.3 Å². The number of rotatable bonds is 2. The Hall–Kier alpha value is -0.520. The molecule has 1 unspecified atom stereocenters. The molecule has 4 nitrogen and oxygen atoms in total. The van der Waals surface area contributed by atoms with Crippen LogP contribution in [0.25, 0.3) is 0 Å². The van der Waals surface area contributed by atoms with Crippen molar-refractivity contribution in [3.8, 4) is 0 Å². The summed E-state index contributed by atoms with van der Waals surface area (Å²) in [5.74, 6) is 1.90. The number of thioether (sulfide) groups is 1. The Morgan fingerprint density at radius 2 is 2.29 bits per heavy atom. The van der Waals surface area contributed by atoms with Crippen molar-refractivity contribution in [3.05, 3.63) is 21.9 Å². The van der Waals surface area contributed by atoms with E-state index < -0.39 is 0 Å². The topological polar surface area (TPSA) is 46.1 Å². The predicted octanol–water partition coefficient (Wildman–Crippen LogP) is 2.36. The Bertz CT molecular complexity index is 438. The molecule has 7 heteroatoms. The summed E-state index contributed by atoms with van der Waals surface area (Å²) in [6.07, 6.45) is 1.01. The van der Waals surface area contributed by atoms with Gasteiger partial charge in [0, 0.05) is 18.8 Å². The normalized spacial score (nSPS) is 19.4. The number of nitrogens with zero attached hydrogens (tertiary/aromatic N) is 3. The summed E-state index contributed by atoms with van der Waals surface area (Å²) in [6, 6.07) is 1.72. The van der Waals surface area contributed by atoms with Crippen LogP contribution in [0.2, 0.25) is 10.3 Å². The molecule has 0 saturated carbocycles. The fraction of sp³-hybridized carbons (Fsp3) is 0.500. The van der Waals surface area contributed by atoms with Crippen molar-refractivity contribution in [2.75, 3.05) is 18.6 Å². The lowest BCUT2D eigenvalue weighted by atomic mass is 10.2. The number of hydrogen-bond acceptors (Lipinski definition) is 4. The summed E-state index contributed by atoms with van der Waals surface area (Å²) in [5.41, 5.74) is 0.311. The van der Waals surface area contributed by atoms with Crippen LogP contribution in [0.1, 0.15) is 16.8 Å². The van der Waals surface area contributed by atoms with E-state index in [0.29, 0.717) is 5.56 Å². The Labute approximate surface area is 114 Å². The molecule has 0 spiro atoms. The third-order valence-corrected chi connectivity index (χ3v) is 4.33. The van der Waals surface area contributed by atoms with Crippen molar-refractivity contribution in [1.29, 1.82) is 0 Å². The van der Waals surface area contributed by atoms with E-state index in [0.717, 1.165) is 17.9 Å². The zero-order valence-electron chi connectivity index (χ0n) is 9.19. The van der Waals surface area contributed by atoms with Crippen LogP contribution in [0.3, 0.4) is 0 Å². The van der Waals surface area contributed by atoms with E-state index in [2.05, 4.69) is 10.2 Å². The van der Waals surface area contributed by atoms with Gasteiger partial charge in [0.1, 0.15) is 0 Å². The fourth-order valence-corrected chi connectivity index (χ4v) is 3.27. The first-order chi connectivity index (χ1) is 8.09. The first kappa shape index (κ1) is 12.9. The number of carbonyl (C=O) groups excluding carboxylic acids is 1. The zero-order valence-corrected chi connectivity index (χ0v) is 11.5. The molecule has 17 heavy (non-hydrogen) atoms. The quantitative estimate of drug-likeness (QED) is 0.839. The van der Waals surface area contributed by atoms with Gasteiger partial charge in [0.05, 0.1) is 5.56 Å². The number of amides is 1. The molecule has 1 aromatic heterocycles. The first-order valence-corrected chi connectivity index (χ1v) is 7.04. The summed E-state index contributed by atoms with van der Waals surface area (Å²) < 4.78 is 0. The second-order valence-corrected chi connectivity index (χ2v) is 5.70. The molecular formula is C10H11Cl2N3OS. The highest BCUT2D eigenvalue weighted by Gasteiger charge is 2.26. The van der Waals surface area contributed by atoms with E-state index in [1.807, 2.05) is 11.8 Å². The third kappa shape index (κ3) is 2.84. The maximum absolute atomic E-state index is 12.2. The van der Waals surface area contributed by atoms with Gasteiger partial charge in [-0.2, -0.15) is 11.8 Å². The molecule has 92 valence electrons. The van der Waals surface area contributed by atoms with E-state index in [1.54, 1.807) is 11.9 Å². The zero-order chi connectivity index (χ0) is 12.4. The molecule has 1 aliphatic heterocycles. The summed E-state index contributed by atoms with van der Waals surface area (Å²) >= 11 is 13.4. The molecule has 1 aromatic rings. The Morgan fingerprint density at radius 1 is 1.53 bits per heavy atom. The van der Waals surface area contributed by atoms with Gasteiger partial charge in [-0.3, -0.25) is 4.79 Å². The van der Waals surface area contributed by atoms with Crippen molar-refractivity contribution < 1.29 is 4.79 Å². The molecule has 0 radical (unpaired) electrons.